The van der Waals surface area contributed by atoms with Crippen molar-refractivity contribution in [3.63, 3.8) is 0 Å². The zero-order valence-electron chi connectivity index (χ0n) is 17.5. The van der Waals surface area contributed by atoms with E-state index >= 15 is 0 Å². The number of hydrazine groups is 1. The highest BCUT2D eigenvalue weighted by Gasteiger charge is 2.33. The summed E-state index contributed by atoms with van der Waals surface area (Å²) < 4.78 is 5.37. The van der Waals surface area contributed by atoms with Crippen molar-refractivity contribution in [2.45, 2.75) is 71.1 Å². The number of ether oxygens (including phenoxy) is 1. The van der Waals surface area contributed by atoms with Crippen LogP contribution in [-0.4, -0.2) is 57.0 Å². The first kappa shape index (κ1) is 23.2. The molecule has 0 aromatic heterocycles. The molecule has 0 bridgehead atoms. The van der Waals surface area contributed by atoms with Crippen LogP contribution < -0.4 is 11.2 Å². The van der Waals surface area contributed by atoms with Crippen molar-refractivity contribution in [1.82, 2.24) is 15.2 Å². The van der Waals surface area contributed by atoms with Crippen molar-refractivity contribution >= 4 is 28.8 Å². The van der Waals surface area contributed by atoms with Crippen molar-refractivity contribution in [2.24, 2.45) is 10.8 Å². The maximum atomic E-state index is 12.8. The van der Waals surface area contributed by atoms with Gasteiger partial charge in [-0.2, -0.15) is 0 Å². The lowest BCUT2D eigenvalue weighted by Gasteiger charge is -2.35. The number of nitrogens with zero attached hydrogens (tertiary/aromatic N) is 3. The Balaban J connectivity index is 2.32. The number of nitrogens with two attached hydrogens (primary N) is 1. The molecular formula is C19H30ClN5O4. The highest BCUT2D eigenvalue weighted by molar-refractivity contribution is 6.68. The summed E-state index contributed by atoms with van der Waals surface area (Å²) >= 11 is 6.18. The minimum absolute atomic E-state index is 0.0807. The van der Waals surface area contributed by atoms with E-state index in [4.69, 9.17) is 22.2 Å². The summed E-state index contributed by atoms with van der Waals surface area (Å²) in [6.45, 7) is 7.19. The van der Waals surface area contributed by atoms with Crippen LogP contribution in [0.3, 0.4) is 0 Å². The molecule has 4 N–H and O–H groups in total. The second kappa shape index (κ2) is 9.15. The van der Waals surface area contributed by atoms with Gasteiger partial charge in [0.1, 0.15) is 16.6 Å². The average Bonchev–Trinajstić information content (AvgIpc) is 2.62. The number of allylic oxidation sites excluding steroid dienone is 1. The van der Waals surface area contributed by atoms with E-state index in [-0.39, 0.29) is 28.8 Å². The second-order valence-electron chi connectivity index (χ2n) is 8.12. The minimum atomic E-state index is -0.687. The smallest absolute Gasteiger partial charge is 0.415 e. The molecule has 0 saturated heterocycles. The average molecular weight is 428 g/mol. The van der Waals surface area contributed by atoms with Gasteiger partial charge in [-0.15, -0.1) is 0 Å². The van der Waals surface area contributed by atoms with E-state index in [1.54, 1.807) is 20.8 Å². The van der Waals surface area contributed by atoms with Crippen LogP contribution in [0.1, 0.15) is 53.4 Å². The third kappa shape index (κ3) is 5.71. The summed E-state index contributed by atoms with van der Waals surface area (Å²) in [6.07, 6.45) is 2.69. The number of nitrogens with one attached hydrogen (secondary N) is 1. The van der Waals surface area contributed by atoms with E-state index < -0.39 is 17.8 Å². The molecule has 1 aliphatic carbocycles. The Labute approximate surface area is 176 Å². The monoisotopic (exact) mass is 427 g/mol. The Bertz CT molecular complexity index is 756. The third-order valence-electron chi connectivity index (χ3n) is 4.55. The van der Waals surface area contributed by atoms with Gasteiger partial charge in [-0.1, -0.05) is 24.9 Å². The van der Waals surface area contributed by atoms with Gasteiger partial charge in [0.2, 0.25) is 0 Å². The molecule has 162 valence electrons. The third-order valence-corrected chi connectivity index (χ3v) is 4.74. The Morgan fingerprint density at radius 1 is 1.45 bits per heavy atom. The normalized spacial score (nSPS) is 23.5. The summed E-state index contributed by atoms with van der Waals surface area (Å²) in [7, 11) is 1.50. The van der Waals surface area contributed by atoms with E-state index in [2.05, 4.69) is 10.3 Å². The van der Waals surface area contributed by atoms with Crippen LogP contribution in [-0.2, 0) is 9.53 Å². The number of hydrogen-bond acceptors (Lipinski definition) is 7. The molecule has 0 aromatic rings. The molecule has 0 radical (unpaired) electrons. The minimum Gasteiger partial charge on any atom is -0.443 e. The first-order chi connectivity index (χ1) is 13.4. The Hall–Kier alpha value is -2.10. The Morgan fingerprint density at radius 2 is 2.10 bits per heavy atom. The Kier molecular flexibility index (Phi) is 7.31. The summed E-state index contributed by atoms with van der Waals surface area (Å²) in [5, 5.41) is 13.8. The van der Waals surface area contributed by atoms with Gasteiger partial charge in [-0.3, -0.25) is 9.69 Å². The van der Waals surface area contributed by atoms with Crippen LogP contribution in [0.2, 0.25) is 0 Å². The number of aliphatic imine (C=N–C) groups is 1. The van der Waals surface area contributed by atoms with Gasteiger partial charge in [-0.05, 0) is 40.0 Å². The Morgan fingerprint density at radius 3 is 2.59 bits per heavy atom. The largest absolute Gasteiger partial charge is 0.443 e. The quantitative estimate of drug-likeness (QED) is 0.456. The fourth-order valence-electron chi connectivity index (χ4n) is 2.85. The number of aliphatic hydroxyl groups excluding tert-OH is 1. The van der Waals surface area contributed by atoms with E-state index in [0.29, 0.717) is 31.3 Å². The van der Waals surface area contributed by atoms with Crippen molar-refractivity contribution in [3.05, 3.63) is 23.3 Å². The number of carbonyl (C=O) groups is 2. The van der Waals surface area contributed by atoms with Crippen LogP contribution in [0.25, 0.3) is 0 Å². The topological polar surface area (TPSA) is 120 Å². The molecule has 1 saturated carbocycles. The van der Waals surface area contributed by atoms with Gasteiger partial charge in [0.05, 0.1) is 17.7 Å². The maximum Gasteiger partial charge on any atom is 0.415 e. The van der Waals surface area contributed by atoms with Crippen molar-refractivity contribution in [1.29, 1.82) is 0 Å². The van der Waals surface area contributed by atoms with Gasteiger partial charge in [0.25, 0.3) is 5.91 Å². The predicted octanol–water partition coefficient (Wildman–Crippen LogP) is 2.17. The lowest BCUT2D eigenvalue weighted by atomic mass is 9.89. The summed E-state index contributed by atoms with van der Waals surface area (Å²) in [5.41, 5.74) is -0.358. The molecule has 0 aromatic carbocycles. The van der Waals surface area contributed by atoms with Gasteiger partial charge in [-0.25, -0.2) is 20.6 Å². The zero-order chi connectivity index (χ0) is 21.9. The lowest BCUT2D eigenvalue weighted by Crippen LogP contribution is -2.51. The predicted molar refractivity (Wildman–Crippen MR) is 110 cm³/mol. The number of hydrogen-bond donors (Lipinski definition) is 3. The molecule has 1 fully saturated rings. The maximum absolute atomic E-state index is 12.8. The zero-order valence-corrected chi connectivity index (χ0v) is 18.3. The fraction of sp³-hybridized carbons (Fsp3) is 0.632. The van der Waals surface area contributed by atoms with Crippen LogP contribution in [0, 0.1) is 0 Å². The fourth-order valence-corrected chi connectivity index (χ4v) is 3.03. The second-order valence-corrected chi connectivity index (χ2v) is 8.51. The van der Waals surface area contributed by atoms with Gasteiger partial charge in [0, 0.05) is 13.1 Å². The highest BCUT2D eigenvalue weighted by atomic mass is 35.5. The molecular weight excluding hydrogens is 398 g/mol. The summed E-state index contributed by atoms with van der Waals surface area (Å²) in [4.78, 5) is 30.7. The van der Waals surface area contributed by atoms with Crippen LogP contribution in [0.5, 0.6) is 0 Å². The molecule has 2 amide bonds. The SMILES string of the molecule is CCC/C(C(=O)NC1CCC1O)=C1/N=C(Cl)C=C(N(C)C(=O)OC(C)(C)C)N1N. The van der Waals surface area contributed by atoms with Crippen molar-refractivity contribution in [3.8, 4) is 0 Å². The lowest BCUT2D eigenvalue weighted by molar-refractivity contribution is -0.120. The van der Waals surface area contributed by atoms with Gasteiger partial charge >= 0.3 is 6.09 Å². The highest BCUT2D eigenvalue weighted by Crippen LogP contribution is 2.27. The molecule has 0 spiro atoms. The van der Waals surface area contributed by atoms with Crippen LogP contribution >= 0.6 is 11.6 Å². The first-order valence-corrected chi connectivity index (χ1v) is 10.0. The molecule has 10 heteroatoms. The van der Waals surface area contributed by atoms with Gasteiger partial charge in [0.15, 0.2) is 5.82 Å². The van der Waals surface area contributed by atoms with E-state index in [1.165, 1.54) is 18.0 Å². The van der Waals surface area contributed by atoms with Crippen LogP contribution in [0.15, 0.2) is 28.3 Å². The van der Waals surface area contributed by atoms with Gasteiger partial charge < -0.3 is 15.2 Å². The van der Waals surface area contributed by atoms with Crippen LogP contribution in [0.4, 0.5) is 4.79 Å². The molecule has 2 unspecified atom stereocenters. The number of aliphatic hydroxyl groups is 1. The van der Waals surface area contributed by atoms with E-state index in [1.807, 2.05) is 6.92 Å². The standard InChI is InChI=1S/C19H30ClN5O4/c1-6-7-11(17(27)22-12-8-9-13(12)26)16-23-14(20)10-15(25(16)21)24(5)18(28)29-19(2,3)4/h10,12-13,26H,6-9,21H2,1-5H3,(H,22,27)/b16-11+. The summed E-state index contributed by atoms with van der Waals surface area (Å²) in [6, 6.07) is -0.288. The number of carbonyl (C=O) groups excluding carboxylic acids is 2. The van der Waals surface area contributed by atoms with Crippen molar-refractivity contribution in [2.75, 3.05) is 7.05 Å². The van der Waals surface area contributed by atoms with E-state index in [9.17, 15) is 14.7 Å². The first-order valence-electron chi connectivity index (χ1n) is 9.64. The summed E-state index contributed by atoms with van der Waals surface area (Å²) in [5.74, 6) is 6.23. The molecule has 1 aliphatic heterocycles. The molecule has 9 nitrogen and oxygen atoms in total. The van der Waals surface area contributed by atoms with E-state index in [0.717, 1.165) is 5.01 Å². The molecule has 2 atom stereocenters. The van der Waals surface area contributed by atoms with Crippen molar-refractivity contribution < 1.29 is 19.4 Å². The molecule has 2 rings (SSSR count). The number of halogens is 1. The molecule has 1 heterocycles. The molecule has 29 heavy (non-hydrogen) atoms. The molecule has 2 aliphatic rings. The number of amides is 2. The number of rotatable bonds is 5.